The zero-order valence-electron chi connectivity index (χ0n) is 19.4. The van der Waals surface area contributed by atoms with Crippen LogP contribution in [0.25, 0.3) is 28.0 Å². The van der Waals surface area contributed by atoms with Crippen molar-refractivity contribution in [2.75, 3.05) is 26.7 Å². The maximum atomic E-state index is 13.2. The summed E-state index contributed by atoms with van der Waals surface area (Å²) in [6.07, 6.45) is 2.79. The molecule has 1 aromatic heterocycles. The summed E-state index contributed by atoms with van der Waals surface area (Å²) in [5.74, 6) is 0.458. The van der Waals surface area contributed by atoms with Gasteiger partial charge in [-0.05, 0) is 35.8 Å². The number of carbonyl (C=O) groups excluding carboxylic acids is 1. The van der Waals surface area contributed by atoms with Crippen molar-refractivity contribution in [3.63, 3.8) is 0 Å². The van der Waals surface area contributed by atoms with Crippen LogP contribution in [0, 0.1) is 0 Å². The van der Waals surface area contributed by atoms with Crippen molar-refractivity contribution in [3.05, 3.63) is 90.5 Å². The highest BCUT2D eigenvalue weighted by Gasteiger charge is 2.26. The number of nitrogens with one attached hydrogen (secondary N) is 1. The van der Waals surface area contributed by atoms with Gasteiger partial charge in [-0.25, -0.2) is 13.4 Å². The van der Waals surface area contributed by atoms with Crippen molar-refractivity contribution in [1.82, 2.24) is 19.2 Å². The number of carbonyl (C=O) groups is 1. The summed E-state index contributed by atoms with van der Waals surface area (Å²) in [5.41, 5.74) is 4.58. The van der Waals surface area contributed by atoms with E-state index in [0.717, 1.165) is 21.9 Å². The smallest absolute Gasteiger partial charge is 0.243 e. The number of imidazole rings is 1. The Bertz CT molecular complexity index is 1500. The number of amides is 1. The highest BCUT2D eigenvalue weighted by Crippen LogP contribution is 2.25. The Kier molecular flexibility index (Phi) is 6.23. The van der Waals surface area contributed by atoms with Crippen LogP contribution < -0.4 is 0 Å². The molecule has 4 aromatic rings. The Morgan fingerprint density at radius 3 is 2.34 bits per heavy atom. The molecular formula is C27H26N4O3S. The first-order valence-electron chi connectivity index (χ1n) is 11.5. The summed E-state index contributed by atoms with van der Waals surface area (Å²) in [6.45, 7) is 0.822. The van der Waals surface area contributed by atoms with Gasteiger partial charge in [0.25, 0.3) is 0 Å². The molecule has 5 rings (SSSR count). The lowest BCUT2D eigenvalue weighted by Gasteiger charge is -2.28. The monoisotopic (exact) mass is 486 g/mol. The lowest BCUT2D eigenvalue weighted by Crippen LogP contribution is -2.42. The lowest BCUT2D eigenvalue weighted by molar-refractivity contribution is -0.130. The van der Waals surface area contributed by atoms with E-state index in [-0.39, 0.29) is 17.3 Å². The molecule has 0 aliphatic carbocycles. The SMILES string of the molecule is CN(CC(=O)N1CC=C(c2ccccc2)CC1)S(=O)(=O)c1ccc2nc(-c3ccccc3)[nH]c2c1. The lowest BCUT2D eigenvalue weighted by atomic mass is 9.99. The van der Waals surface area contributed by atoms with Gasteiger partial charge in [-0.3, -0.25) is 4.79 Å². The molecule has 0 atom stereocenters. The third kappa shape index (κ3) is 4.76. The summed E-state index contributed by atoms with van der Waals surface area (Å²) in [4.78, 5) is 22.4. The molecule has 1 N–H and O–H groups in total. The molecule has 0 saturated heterocycles. The summed E-state index contributed by atoms with van der Waals surface area (Å²) < 4.78 is 27.5. The van der Waals surface area contributed by atoms with Gasteiger partial charge in [-0.2, -0.15) is 4.31 Å². The summed E-state index contributed by atoms with van der Waals surface area (Å²) in [7, 11) is -2.41. The standard InChI is InChI=1S/C27H26N4O3S/c1-30(19-26(32)31-16-14-21(15-17-31)20-8-4-2-5-9-20)35(33,34)23-12-13-24-25(18-23)29-27(28-24)22-10-6-3-7-11-22/h2-14,18H,15-17,19H2,1H3,(H,28,29). The van der Waals surface area contributed by atoms with E-state index in [0.29, 0.717) is 29.9 Å². The van der Waals surface area contributed by atoms with Gasteiger partial charge in [0.1, 0.15) is 5.82 Å². The van der Waals surface area contributed by atoms with Crippen LogP contribution >= 0.6 is 0 Å². The van der Waals surface area contributed by atoms with Crippen molar-refractivity contribution in [2.45, 2.75) is 11.3 Å². The maximum absolute atomic E-state index is 13.2. The van der Waals surface area contributed by atoms with E-state index in [4.69, 9.17) is 0 Å². The number of likely N-dealkylation sites (N-methyl/N-ethyl adjacent to an activating group) is 1. The number of benzene rings is 3. The van der Waals surface area contributed by atoms with Crippen molar-refractivity contribution in [2.24, 2.45) is 0 Å². The number of hydrogen-bond acceptors (Lipinski definition) is 4. The van der Waals surface area contributed by atoms with Crippen LogP contribution in [0.5, 0.6) is 0 Å². The van der Waals surface area contributed by atoms with E-state index in [2.05, 4.69) is 22.1 Å². The Labute approximate surface area is 204 Å². The van der Waals surface area contributed by atoms with Gasteiger partial charge < -0.3 is 9.88 Å². The minimum absolute atomic E-state index is 0.119. The molecule has 0 bridgehead atoms. The van der Waals surface area contributed by atoms with Gasteiger partial charge in [0.05, 0.1) is 22.5 Å². The second kappa shape index (κ2) is 9.48. The molecule has 1 aliphatic rings. The topological polar surface area (TPSA) is 86.4 Å². The van der Waals surface area contributed by atoms with Crippen LogP contribution in [0.2, 0.25) is 0 Å². The second-order valence-electron chi connectivity index (χ2n) is 8.58. The maximum Gasteiger partial charge on any atom is 0.243 e. The van der Waals surface area contributed by atoms with Crippen LogP contribution in [0.4, 0.5) is 0 Å². The van der Waals surface area contributed by atoms with Gasteiger partial charge in [-0.1, -0.05) is 66.7 Å². The van der Waals surface area contributed by atoms with Gasteiger partial charge in [0, 0.05) is 25.7 Å². The Morgan fingerprint density at radius 2 is 1.69 bits per heavy atom. The molecule has 0 fully saturated rings. The van der Waals surface area contributed by atoms with Crippen LogP contribution in [0.1, 0.15) is 12.0 Å². The quantitative estimate of drug-likeness (QED) is 0.443. The van der Waals surface area contributed by atoms with Crippen LogP contribution in [-0.2, 0) is 14.8 Å². The van der Waals surface area contributed by atoms with Crippen molar-refractivity contribution >= 4 is 32.5 Å². The Hall–Kier alpha value is -3.75. The molecule has 35 heavy (non-hydrogen) atoms. The molecular weight excluding hydrogens is 460 g/mol. The molecule has 1 aliphatic heterocycles. The van der Waals surface area contributed by atoms with E-state index >= 15 is 0 Å². The number of aromatic amines is 1. The van der Waals surface area contributed by atoms with Gasteiger partial charge in [0.2, 0.25) is 15.9 Å². The third-order valence-corrected chi connectivity index (χ3v) is 8.07. The third-order valence-electron chi connectivity index (χ3n) is 6.27. The Balaban J connectivity index is 1.29. The molecule has 178 valence electrons. The average molecular weight is 487 g/mol. The first-order valence-corrected chi connectivity index (χ1v) is 12.9. The number of rotatable bonds is 6. The van der Waals surface area contributed by atoms with Crippen molar-refractivity contribution in [1.29, 1.82) is 0 Å². The van der Waals surface area contributed by atoms with E-state index in [1.165, 1.54) is 18.7 Å². The zero-order valence-corrected chi connectivity index (χ0v) is 20.2. The first-order chi connectivity index (χ1) is 16.9. The summed E-state index contributed by atoms with van der Waals surface area (Å²) in [5, 5.41) is 0. The molecule has 2 heterocycles. The second-order valence-corrected chi connectivity index (χ2v) is 10.6. The number of hydrogen-bond donors (Lipinski definition) is 1. The van der Waals surface area contributed by atoms with Crippen molar-refractivity contribution in [3.8, 4) is 11.4 Å². The number of aromatic nitrogens is 2. The fourth-order valence-corrected chi connectivity index (χ4v) is 5.39. The predicted octanol–water partition coefficient (Wildman–Crippen LogP) is 4.17. The van der Waals surface area contributed by atoms with E-state index < -0.39 is 10.0 Å². The molecule has 0 spiro atoms. The minimum Gasteiger partial charge on any atom is -0.338 e. The molecule has 0 unspecified atom stereocenters. The predicted molar refractivity (Wildman–Crippen MR) is 137 cm³/mol. The largest absolute Gasteiger partial charge is 0.338 e. The van der Waals surface area contributed by atoms with E-state index in [1.807, 2.05) is 54.6 Å². The average Bonchev–Trinajstić information content (AvgIpc) is 3.33. The number of H-pyrrole nitrogens is 1. The number of fused-ring (bicyclic) bond motifs is 1. The number of nitrogens with zero attached hydrogens (tertiary/aromatic N) is 3. The highest BCUT2D eigenvalue weighted by molar-refractivity contribution is 7.89. The summed E-state index contributed by atoms with van der Waals surface area (Å²) in [6, 6.07) is 24.5. The highest BCUT2D eigenvalue weighted by atomic mass is 32.2. The molecule has 7 nitrogen and oxygen atoms in total. The molecule has 0 saturated carbocycles. The van der Waals surface area contributed by atoms with Crippen LogP contribution in [-0.4, -0.2) is 60.2 Å². The fraction of sp³-hybridized carbons (Fsp3) is 0.185. The van der Waals surface area contributed by atoms with E-state index in [9.17, 15) is 13.2 Å². The van der Waals surface area contributed by atoms with Crippen LogP contribution in [0.3, 0.4) is 0 Å². The molecule has 1 amide bonds. The van der Waals surface area contributed by atoms with Gasteiger partial charge >= 0.3 is 0 Å². The van der Waals surface area contributed by atoms with Crippen molar-refractivity contribution < 1.29 is 13.2 Å². The first kappa shape index (κ1) is 23.0. The van der Waals surface area contributed by atoms with Crippen LogP contribution in [0.15, 0.2) is 89.8 Å². The minimum atomic E-state index is -3.85. The van der Waals surface area contributed by atoms with Gasteiger partial charge in [-0.15, -0.1) is 0 Å². The molecule has 3 aromatic carbocycles. The molecule has 8 heteroatoms. The molecule has 0 radical (unpaired) electrons. The zero-order chi connectivity index (χ0) is 24.4. The van der Waals surface area contributed by atoms with E-state index in [1.54, 1.807) is 17.0 Å². The summed E-state index contributed by atoms with van der Waals surface area (Å²) >= 11 is 0. The van der Waals surface area contributed by atoms with Gasteiger partial charge in [0.15, 0.2) is 0 Å². The normalized spacial score (nSPS) is 14.3. The number of sulfonamides is 1. The Morgan fingerprint density at radius 1 is 1.00 bits per heavy atom. The fourth-order valence-electron chi connectivity index (χ4n) is 4.25.